The van der Waals surface area contributed by atoms with Crippen LogP contribution in [0.3, 0.4) is 0 Å². The van der Waals surface area contributed by atoms with Crippen molar-refractivity contribution in [2.75, 3.05) is 18.4 Å². The second-order valence-corrected chi connectivity index (χ2v) is 8.37. The van der Waals surface area contributed by atoms with E-state index in [1.54, 1.807) is 6.07 Å². The molecule has 3 aromatic rings. The Morgan fingerprint density at radius 1 is 1.13 bits per heavy atom. The minimum Gasteiger partial charge on any atom is -0.321 e. The van der Waals surface area contributed by atoms with Crippen LogP contribution in [0.1, 0.15) is 40.1 Å². The van der Waals surface area contributed by atoms with Crippen molar-refractivity contribution in [1.82, 2.24) is 14.7 Å². The number of nitrogens with zero attached hydrogens (tertiary/aromatic N) is 4. The number of nitrogens with one attached hydrogen (secondary N) is 1. The van der Waals surface area contributed by atoms with E-state index in [-0.39, 0.29) is 11.6 Å². The molecule has 1 amide bonds. The van der Waals surface area contributed by atoms with Crippen molar-refractivity contribution >= 4 is 28.6 Å². The van der Waals surface area contributed by atoms with Gasteiger partial charge in [0.2, 0.25) is 0 Å². The molecular formula is C21H23N5O3S. The zero-order valence-electron chi connectivity index (χ0n) is 16.5. The number of rotatable bonds is 7. The largest absolute Gasteiger partial charge is 0.321 e. The number of anilines is 1. The molecule has 2 aromatic heterocycles. The van der Waals surface area contributed by atoms with Gasteiger partial charge < -0.3 is 5.32 Å². The maximum Gasteiger partial charge on any atom is 0.307 e. The molecule has 0 spiro atoms. The third-order valence-corrected chi connectivity index (χ3v) is 6.10. The standard InChI is InChI=1S/C21H23N5O3S/c27-21(20-10-17(15-30-20)13-25-14-19(11-22-25)26(28)29)23-18-6-4-16(5-7-18)12-24-8-2-1-3-9-24/h4-7,10-11,14-15H,1-3,8-9,12-13H2,(H,23,27). The van der Waals surface area contributed by atoms with Crippen molar-refractivity contribution in [1.29, 1.82) is 0 Å². The van der Waals surface area contributed by atoms with E-state index in [0.717, 1.165) is 30.9 Å². The van der Waals surface area contributed by atoms with E-state index >= 15 is 0 Å². The first-order chi connectivity index (χ1) is 14.6. The zero-order chi connectivity index (χ0) is 20.9. The number of carbonyl (C=O) groups is 1. The summed E-state index contributed by atoms with van der Waals surface area (Å²) in [5, 5.41) is 19.5. The number of piperidine rings is 1. The normalized spacial score (nSPS) is 14.5. The summed E-state index contributed by atoms with van der Waals surface area (Å²) in [6, 6.07) is 9.80. The van der Waals surface area contributed by atoms with E-state index in [9.17, 15) is 14.9 Å². The lowest BCUT2D eigenvalue weighted by molar-refractivity contribution is -0.385. The number of hydrogen-bond acceptors (Lipinski definition) is 6. The highest BCUT2D eigenvalue weighted by Gasteiger charge is 2.13. The van der Waals surface area contributed by atoms with E-state index < -0.39 is 4.92 Å². The molecule has 30 heavy (non-hydrogen) atoms. The lowest BCUT2D eigenvalue weighted by Crippen LogP contribution is -2.29. The molecule has 1 fully saturated rings. The van der Waals surface area contributed by atoms with Gasteiger partial charge in [-0.2, -0.15) is 5.10 Å². The summed E-state index contributed by atoms with van der Waals surface area (Å²) in [7, 11) is 0. The SMILES string of the molecule is O=C(Nc1ccc(CN2CCCCC2)cc1)c1cc(Cn2cc([N+](=O)[O-])cn2)cs1. The first kappa shape index (κ1) is 20.2. The van der Waals surface area contributed by atoms with Crippen molar-refractivity contribution in [2.24, 2.45) is 0 Å². The predicted octanol–water partition coefficient (Wildman–Crippen LogP) is 4.14. The number of hydrogen-bond donors (Lipinski definition) is 1. The van der Waals surface area contributed by atoms with E-state index in [4.69, 9.17) is 0 Å². The molecule has 0 atom stereocenters. The van der Waals surface area contributed by atoms with Gasteiger partial charge in [0, 0.05) is 12.2 Å². The van der Waals surface area contributed by atoms with E-state index in [2.05, 4.69) is 27.4 Å². The lowest BCUT2D eigenvalue weighted by Gasteiger charge is -2.26. The molecule has 9 heteroatoms. The molecule has 0 aliphatic carbocycles. The van der Waals surface area contributed by atoms with Gasteiger partial charge in [0.25, 0.3) is 5.91 Å². The number of carbonyl (C=O) groups excluding carboxylic acids is 1. The Labute approximate surface area is 178 Å². The van der Waals surface area contributed by atoms with Gasteiger partial charge in [0.15, 0.2) is 0 Å². The van der Waals surface area contributed by atoms with Crippen molar-refractivity contribution in [3.8, 4) is 0 Å². The monoisotopic (exact) mass is 425 g/mol. The van der Waals surface area contributed by atoms with Crippen molar-refractivity contribution in [3.05, 3.63) is 74.2 Å². The minimum atomic E-state index is -0.478. The molecule has 1 aromatic carbocycles. The van der Waals surface area contributed by atoms with Crippen molar-refractivity contribution in [2.45, 2.75) is 32.4 Å². The van der Waals surface area contributed by atoms with E-state index in [1.165, 1.54) is 53.2 Å². The van der Waals surface area contributed by atoms with Gasteiger partial charge in [-0.3, -0.25) is 24.5 Å². The van der Waals surface area contributed by atoms with Crippen LogP contribution in [0.15, 0.2) is 48.1 Å². The Kier molecular flexibility index (Phi) is 6.20. The van der Waals surface area contributed by atoms with Crippen LogP contribution in [-0.4, -0.2) is 38.6 Å². The van der Waals surface area contributed by atoms with Crippen LogP contribution in [0.25, 0.3) is 0 Å². The third-order valence-electron chi connectivity index (χ3n) is 5.12. The van der Waals surface area contributed by atoms with Gasteiger partial charge in [0.1, 0.15) is 12.4 Å². The zero-order valence-corrected chi connectivity index (χ0v) is 17.3. The topological polar surface area (TPSA) is 93.3 Å². The van der Waals surface area contributed by atoms with Crippen molar-refractivity contribution in [3.63, 3.8) is 0 Å². The predicted molar refractivity (Wildman–Crippen MR) is 116 cm³/mol. The molecule has 8 nitrogen and oxygen atoms in total. The molecule has 1 N–H and O–H groups in total. The summed E-state index contributed by atoms with van der Waals surface area (Å²) in [5.41, 5.74) is 2.84. The molecule has 156 valence electrons. The molecule has 0 bridgehead atoms. The number of thiophene rings is 1. The van der Waals surface area contributed by atoms with Gasteiger partial charge in [-0.25, -0.2) is 0 Å². The molecule has 0 unspecified atom stereocenters. The second-order valence-electron chi connectivity index (χ2n) is 7.46. The Morgan fingerprint density at radius 2 is 1.90 bits per heavy atom. The maximum atomic E-state index is 12.6. The first-order valence-electron chi connectivity index (χ1n) is 9.94. The molecule has 4 rings (SSSR count). The van der Waals surface area contributed by atoms with Crippen molar-refractivity contribution < 1.29 is 9.72 Å². The summed E-state index contributed by atoms with van der Waals surface area (Å²) >= 11 is 1.34. The fourth-order valence-electron chi connectivity index (χ4n) is 3.56. The fourth-order valence-corrected chi connectivity index (χ4v) is 4.36. The highest BCUT2D eigenvalue weighted by atomic mass is 32.1. The quantitative estimate of drug-likeness (QED) is 0.454. The Morgan fingerprint density at radius 3 is 2.60 bits per heavy atom. The maximum absolute atomic E-state index is 12.6. The average Bonchev–Trinajstić information content (AvgIpc) is 3.41. The van der Waals surface area contributed by atoms with Crippen LogP contribution < -0.4 is 5.32 Å². The molecular weight excluding hydrogens is 402 g/mol. The number of nitro groups is 1. The van der Waals surface area contributed by atoms with Crippen LogP contribution in [-0.2, 0) is 13.1 Å². The summed E-state index contributed by atoms with van der Waals surface area (Å²) in [5.74, 6) is -0.165. The summed E-state index contributed by atoms with van der Waals surface area (Å²) in [6.07, 6.45) is 6.47. The molecule has 1 aliphatic rings. The Hall–Kier alpha value is -3.04. The van der Waals surface area contributed by atoms with Crippen LogP contribution in [0, 0.1) is 10.1 Å². The molecule has 0 radical (unpaired) electrons. The number of aromatic nitrogens is 2. The molecule has 3 heterocycles. The van der Waals surface area contributed by atoms with Gasteiger partial charge in [0.05, 0.1) is 16.3 Å². The van der Waals surface area contributed by atoms with Crippen LogP contribution in [0.5, 0.6) is 0 Å². The molecule has 1 saturated heterocycles. The second kappa shape index (κ2) is 9.19. The Bertz CT molecular complexity index is 1020. The number of amides is 1. The van der Waals surface area contributed by atoms with Crippen LogP contribution >= 0.6 is 11.3 Å². The molecule has 0 saturated carbocycles. The van der Waals surface area contributed by atoms with Gasteiger partial charge in [-0.1, -0.05) is 18.6 Å². The summed E-state index contributed by atoms with van der Waals surface area (Å²) in [6.45, 7) is 3.65. The fraction of sp³-hybridized carbons (Fsp3) is 0.333. The third kappa shape index (κ3) is 5.11. The smallest absolute Gasteiger partial charge is 0.307 e. The van der Waals surface area contributed by atoms with Crippen LogP contribution in [0.2, 0.25) is 0 Å². The minimum absolute atomic E-state index is 0.0491. The van der Waals surface area contributed by atoms with E-state index in [0.29, 0.717) is 11.4 Å². The first-order valence-corrected chi connectivity index (χ1v) is 10.8. The Balaban J connectivity index is 1.32. The number of benzene rings is 1. The lowest BCUT2D eigenvalue weighted by atomic mass is 10.1. The highest BCUT2D eigenvalue weighted by Crippen LogP contribution is 2.20. The molecule has 1 aliphatic heterocycles. The summed E-state index contributed by atoms with van der Waals surface area (Å²) in [4.78, 5) is 25.9. The number of likely N-dealkylation sites (tertiary alicyclic amines) is 1. The van der Waals surface area contributed by atoms with Gasteiger partial charge >= 0.3 is 5.69 Å². The van der Waals surface area contributed by atoms with Gasteiger partial charge in [-0.05, 0) is 60.6 Å². The van der Waals surface area contributed by atoms with E-state index in [1.807, 2.05) is 17.5 Å². The average molecular weight is 426 g/mol. The van der Waals surface area contributed by atoms with Gasteiger partial charge in [-0.15, -0.1) is 11.3 Å². The van der Waals surface area contributed by atoms with Crippen LogP contribution in [0.4, 0.5) is 11.4 Å². The summed E-state index contributed by atoms with van der Waals surface area (Å²) < 4.78 is 1.49. The highest BCUT2D eigenvalue weighted by molar-refractivity contribution is 7.12.